The highest BCUT2D eigenvalue weighted by Crippen LogP contribution is 2.22. The Bertz CT molecular complexity index is 923. The topological polar surface area (TPSA) is 79.0 Å². The van der Waals surface area contributed by atoms with Gasteiger partial charge in [-0.15, -0.1) is 5.10 Å². The summed E-state index contributed by atoms with van der Waals surface area (Å²) >= 11 is 0. The summed E-state index contributed by atoms with van der Waals surface area (Å²) in [6.45, 7) is 2.52. The molecule has 0 bridgehead atoms. The predicted octanol–water partition coefficient (Wildman–Crippen LogP) is 1.09. The van der Waals surface area contributed by atoms with Gasteiger partial charge in [0.1, 0.15) is 11.1 Å². The van der Waals surface area contributed by atoms with Crippen molar-refractivity contribution >= 4 is 27.9 Å². The van der Waals surface area contributed by atoms with Gasteiger partial charge in [0.25, 0.3) is 0 Å². The fourth-order valence-electron chi connectivity index (χ4n) is 2.49. The van der Waals surface area contributed by atoms with E-state index in [4.69, 9.17) is 0 Å². The van der Waals surface area contributed by atoms with Gasteiger partial charge in [-0.2, -0.15) is 0 Å². The van der Waals surface area contributed by atoms with Gasteiger partial charge < -0.3 is 9.30 Å². The fraction of sp³-hybridized carbons (Fsp3) is 0.286. The van der Waals surface area contributed by atoms with Crippen LogP contribution in [0.15, 0.2) is 23.1 Å². The number of pyridine rings is 1. The molecule has 0 N–H and O–H groups in total. The summed E-state index contributed by atoms with van der Waals surface area (Å²) in [5.41, 5.74) is 1.82. The fourth-order valence-corrected chi connectivity index (χ4v) is 2.49. The number of benzene rings is 1. The van der Waals surface area contributed by atoms with Crippen LogP contribution >= 0.6 is 0 Å². The first-order valence-electron chi connectivity index (χ1n) is 6.52. The van der Waals surface area contributed by atoms with Crippen molar-refractivity contribution in [2.24, 2.45) is 7.05 Å². The van der Waals surface area contributed by atoms with Crippen LogP contribution in [0.25, 0.3) is 21.9 Å². The number of ether oxygens (including phenoxy) is 1. The number of rotatable bonds is 2. The molecule has 0 atom stereocenters. The zero-order valence-electron chi connectivity index (χ0n) is 12.0. The molecule has 0 aliphatic heterocycles. The number of esters is 1. The summed E-state index contributed by atoms with van der Waals surface area (Å²) in [5.74, 6) is -0.636. The van der Waals surface area contributed by atoms with E-state index in [0.717, 1.165) is 5.52 Å². The van der Waals surface area contributed by atoms with Gasteiger partial charge in [0.2, 0.25) is 5.43 Å². The molecule has 3 aromatic rings. The average Bonchev–Trinajstić information content (AvgIpc) is 2.88. The minimum absolute atomic E-state index is 0.0232. The second-order valence-corrected chi connectivity index (χ2v) is 4.69. The third kappa shape index (κ3) is 1.81. The SMILES string of the molecule is CCn1cc(C(=O)OC)c(=O)c2ccc3c(nnn3C)c21. The largest absolute Gasteiger partial charge is 0.465 e. The third-order valence-electron chi connectivity index (χ3n) is 3.56. The van der Waals surface area contributed by atoms with E-state index in [1.165, 1.54) is 13.3 Å². The molecule has 108 valence electrons. The van der Waals surface area contributed by atoms with Gasteiger partial charge in [0, 0.05) is 25.2 Å². The molecule has 21 heavy (non-hydrogen) atoms. The minimum atomic E-state index is -0.636. The maximum absolute atomic E-state index is 12.5. The van der Waals surface area contributed by atoms with Crippen LogP contribution in [0.3, 0.4) is 0 Å². The number of carbonyl (C=O) groups is 1. The van der Waals surface area contributed by atoms with Crippen LogP contribution in [0.5, 0.6) is 0 Å². The first-order chi connectivity index (χ1) is 10.1. The number of fused-ring (bicyclic) bond motifs is 3. The van der Waals surface area contributed by atoms with E-state index in [0.29, 0.717) is 23.0 Å². The maximum Gasteiger partial charge on any atom is 0.343 e. The zero-order chi connectivity index (χ0) is 15.1. The number of aryl methyl sites for hydroxylation is 2. The van der Waals surface area contributed by atoms with E-state index >= 15 is 0 Å². The lowest BCUT2D eigenvalue weighted by Crippen LogP contribution is -2.20. The number of aromatic nitrogens is 4. The number of nitrogens with zero attached hydrogens (tertiary/aromatic N) is 4. The Labute approximate surface area is 119 Å². The predicted molar refractivity (Wildman–Crippen MR) is 77.3 cm³/mol. The lowest BCUT2D eigenvalue weighted by Gasteiger charge is -2.11. The van der Waals surface area contributed by atoms with Crippen molar-refractivity contribution in [3.05, 3.63) is 34.1 Å². The Hall–Kier alpha value is -2.70. The first-order valence-corrected chi connectivity index (χ1v) is 6.52. The smallest absolute Gasteiger partial charge is 0.343 e. The second-order valence-electron chi connectivity index (χ2n) is 4.69. The molecule has 0 spiro atoms. The number of carbonyl (C=O) groups excluding carboxylic acids is 1. The van der Waals surface area contributed by atoms with Crippen molar-refractivity contribution < 1.29 is 9.53 Å². The summed E-state index contributed by atoms with van der Waals surface area (Å²) in [6, 6.07) is 3.47. The molecule has 0 radical (unpaired) electrons. The molecule has 7 heteroatoms. The van der Waals surface area contributed by atoms with Gasteiger partial charge in [0.15, 0.2) is 0 Å². The van der Waals surface area contributed by atoms with Crippen molar-refractivity contribution in [1.82, 2.24) is 19.6 Å². The van der Waals surface area contributed by atoms with E-state index in [1.54, 1.807) is 23.9 Å². The Morgan fingerprint density at radius 1 is 1.38 bits per heavy atom. The molecule has 7 nitrogen and oxygen atoms in total. The Balaban J connectivity index is 2.52. The highest BCUT2D eigenvalue weighted by Gasteiger charge is 2.18. The number of hydrogen-bond donors (Lipinski definition) is 0. The zero-order valence-corrected chi connectivity index (χ0v) is 12.0. The van der Waals surface area contributed by atoms with Crippen LogP contribution in [-0.4, -0.2) is 32.6 Å². The molecule has 0 aliphatic rings. The summed E-state index contributed by atoms with van der Waals surface area (Å²) in [7, 11) is 3.05. The molecule has 0 saturated carbocycles. The Morgan fingerprint density at radius 3 is 2.81 bits per heavy atom. The lowest BCUT2D eigenvalue weighted by atomic mass is 10.1. The van der Waals surface area contributed by atoms with Gasteiger partial charge in [0.05, 0.1) is 18.1 Å². The molecular weight excluding hydrogens is 272 g/mol. The Kier molecular flexibility index (Phi) is 2.97. The van der Waals surface area contributed by atoms with E-state index < -0.39 is 5.97 Å². The normalized spacial score (nSPS) is 11.2. The van der Waals surface area contributed by atoms with E-state index in [9.17, 15) is 9.59 Å². The van der Waals surface area contributed by atoms with Crippen LogP contribution in [0.4, 0.5) is 0 Å². The number of hydrogen-bond acceptors (Lipinski definition) is 5. The van der Waals surface area contributed by atoms with Gasteiger partial charge in [-0.25, -0.2) is 9.48 Å². The van der Waals surface area contributed by atoms with Gasteiger partial charge in [-0.3, -0.25) is 4.79 Å². The molecule has 0 fully saturated rings. The van der Waals surface area contributed by atoms with Gasteiger partial charge in [-0.1, -0.05) is 5.21 Å². The van der Waals surface area contributed by atoms with Crippen molar-refractivity contribution in [3.63, 3.8) is 0 Å². The van der Waals surface area contributed by atoms with Gasteiger partial charge >= 0.3 is 5.97 Å². The highest BCUT2D eigenvalue weighted by molar-refractivity contribution is 6.03. The van der Waals surface area contributed by atoms with E-state index in [2.05, 4.69) is 15.0 Å². The average molecular weight is 286 g/mol. The third-order valence-corrected chi connectivity index (χ3v) is 3.56. The molecule has 3 rings (SSSR count). The van der Waals surface area contributed by atoms with Crippen LogP contribution in [0, 0.1) is 0 Å². The van der Waals surface area contributed by atoms with E-state index in [-0.39, 0.29) is 11.0 Å². The molecule has 0 unspecified atom stereocenters. The molecular formula is C14H14N4O3. The van der Waals surface area contributed by atoms with Crippen molar-refractivity contribution in [2.45, 2.75) is 13.5 Å². The summed E-state index contributed by atoms with van der Waals surface area (Å²) < 4.78 is 8.14. The van der Waals surface area contributed by atoms with Crippen molar-refractivity contribution in [3.8, 4) is 0 Å². The summed E-state index contributed by atoms with van der Waals surface area (Å²) in [4.78, 5) is 24.2. The molecule has 2 heterocycles. The lowest BCUT2D eigenvalue weighted by molar-refractivity contribution is 0.0598. The summed E-state index contributed by atoms with van der Waals surface area (Å²) in [6.07, 6.45) is 1.52. The van der Waals surface area contributed by atoms with Crippen LogP contribution in [0.1, 0.15) is 17.3 Å². The van der Waals surface area contributed by atoms with Crippen LogP contribution in [-0.2, 0) is 18.3 Å². The molecule has 2 aromatic heterocycles. The molecule has 0 saturated heterocycles. The van der Waals surface area contributed by atoms with Crippen LogP contribution in [0.2, 0.25) is 0 Å². The minimum Gasteiger partial charge on any atom is -0.465 e. The molecule has 0 amide bonds. The molecule has 1 aromatic carbocycles. The van der Waals surface area contributed by atoms with Gasteiger partial charge in [-0.05, 0) is 19.1 Å². The standard InChI is InChI=1S/C14H14N4O3/c1-4-18-7-9(14(20)21-3)13(19)8-5-6-10-11(12(8)18)15-16-17(10)2/h5-7H,4H2,1-3H3. The second kappa shape index (κ2) is 4.69. The van der Waals surface area contributed by atoms with E-state index in [1.807, 2.05) is 11.5 Å². The quantitative estimate of drug-likeness (QED) is 0.659. The highest BCUT2D eigenvalue weighted by atomic mass is 16.5. The first kappa shape index (κ1) is 13.3. The number of methoxy groups -OCH3 is 1. The summed E-state index contributed by atoms with van der Waals surface area (Å²) in [5, 5.41) is 8.55. The maximum atomic E-state index is 12.5. The molecule has 0 aliphatic carbocycles. The van der Waals surface area contributed by atoms with Crippen LogP contribution < -0.4 is 5.43 Å². The van der Waals surface area contributed by atoms with Crippen molar-refractivity contribution in [1.29, 1.82) is 0 Å². The monoisotopic (exact) mass is 286 g/mol. The Morgan fingerprint density at radius 2 is 2.14 bits per heavy atom. The van der Waals surface area contributed by atoms with Crippen molar-refractivity contribution in [2.75, 3.05) is 7.11 Å².